The van der Waals surface area contributed by atoms with Crippen LogP contribution in [0.5, 0.6) is 0 Å². The van der Waals surface area contributed by atoms with E-state index in [1.807, 2.05) is 42.8 Å². The molecule has 0 spiro atoms. The van der Waals surface area contributed by atoms with Crippen LogP contribution < -0.4 is 10.6 Å². The van der Waals surface area contributed by atoms with Crippen LogP contribution in [0.3, 0.4) is 0 Å². The van der Waals surface area contributed by atoms with Gasteiger partial charge >= 0.3 is 0 Å². The van der Waals surface area contributed by atoms with E-state index in [0.29, 0.717) is 11.7 Å². The summed E-state index contributed by atoms with van der Waals surface area (Å²) in [6, 6.07) is 8.15. The average molecular weight is 392 g/mol. The number of halogens is 1. The summed E-state index contributed by atoms with van der Waals surface area (Å²) in [4.78, 5) is 12.6. The normalized spacial score (nSPS) is 16.8. The van der Waals surface area contributed by atoms with Gasteiger partial charge < -0.3 is 10.6 Å². The van der Waals surface area contributed by atoms with Gasteiger partial charge in [-0.05, 0) is 57.5 Å². The molecule has 1 aliphatic heterocycles. The van der Waals surface area contributed by atoms with Crippen molar-refractivity contribution in [3.63, 3.8) is 0 Å². The van der Waals surface area contributed by atoms with Gasteiger partial charge in [-0.15, -0.1) is 5.10 Å². The summed E-state index contributed by atoms with van der Waals surface area (Å²) < 4.78 is 2.90. The predicted molar refractivity (Wildman–Crippen MR) is 95.9 cm³/mol. The number of rotatable bonds is 4. The highest BCUT2D eigenvalue weighted by atomic mass is 79.9. The third-order valence-corrected chi connectivity index (χ3v) is 4.99. The Bertz CT molecular complexity index is 724. The maximum Gasteiger partial charge on any atom is 0.274 e. The molecule has 1 fully saturated rings. The van der Waals surface area contributed by atoms with Crippen molar-refractivity contribution in [2.24, 2.45) is 0 Å². The molecule has 0 radical (unpaired) electrons. The van der Waals surface area contributed by atoms with Gasteiger partial charge in [-0.3, -0.25) is 4.79 Å². The van der Waals surface area contributed by atoms with Crippen molar-refractivity contribution in [3.8, 4) is 0 Å². The molecule has 3 rings (SSSR count). The summed E-state index contributed by atoms with van der Waals surface area (Å²) >= 11 is 3.46. The van der Waals surface area contributed by atoms with Gasteiger partial charge in [0, 0.05) is 4.47 Å². The molecule has 7 heteroatoms. The van der Waals surface area contributed by atoms with E-state index < -0.39 is 0 Å². The topological polar surface area (TPSA) is 71.8 Å². The lowest BCUT2D eigenvalue weighted by Crippen LogP contribution is -2.31. The zero-order chi connectivity index (χ0) is 17.1. The van der Waals surface area contributed by atoms with Crippen LogP contribution in [0.25, 0.3) is 0 Å². The smallest absolute Gasteiger partial charge is 0.274 e. The number of carbonyl (C=O) groups excluding carboxylic acids is 1. The van der Waals surface area contributed by atoms with Crippen LogP contribution in [0.2, 0.25) is 0 Å². The number of aromatic nitrogens is 3. The summed E-state index contributed by atoms with van der Waals surface area (Å²) in [5, 5.41) is 14.7. The molecule has 2 aromatic rings. The standard InChI is InChI=1S/C17H22BrN5O/c1-11(13-4-3-5-14(18)10-13)20-17(24)16-12(2)23(22-21-16)15-6-8-19-9-7-15/h3-5,10-11,15,19H,6-9H2,1-2H3,(H,20,24). The second-order valence-electron chi connectivity index (χ2n) is 6.20. The van der Waals surface area contributed by atoms with Gasteiger partial charge in [-0.2, -0.15) is 0 Å². The quantitative estimate of drug-likeness (QED) is 0.840. The molecule has 1 amide bonds. The van der Waals surface area contributed by atoms with E-state index in [1.54, 1.807) is 0 Å². The van der Waals surface area contributed by atoms with Crippen LogP contribution in [0.1, 0.15) is 53.6 Å². The highest BCUT2D eigenvalue weighted by Crippen LogP contribution is 2.21. The van der Waals surface area contributed by atoms with Crippen molar-refractivity contribution in [1.29, 1.82) is 0 Å². The minimum atomic E-state index is -0.180. The number of carbonyl (C=O) groups is 1. The Morgan fingerprint density at radius 2 is 2.17 bits per heavy atom. The molecule has 0 saturated carbocycles. The fraction of sp³-hybridized carbons (Fsp3) is 0.471. The zero-order valence-corrected chi connectivity index (χ0v) is 15.5. The molecule has 1 aromatic heterocycles. The number of hydrogen-bond acceptors (Lipinski definition) is 4. The average Bonchev–Trinajstić information content (AvgIpc) is 2.97. The number of piperidine rings is 1. The minimum Gasteiger partial charge on any atom is -0.344 e. The Labute approximate surface area is 150 Å². The lowest BCUT2D eigenvalue weighted by atomic mass is 10.1. The molecule has 1 unspecified atom stereocenters. The molecule has 0 bridgehead atoms. The number of nitrogens with zero attached hydrogens (tertiary/aromatic N) is 3. The highest BCUT2D eigenvalue weighted by molar-refractivity contribution is 9.10. The van der Waals surface area contributed by atoms with E-state index in [-0.39, 0.29) is 11.9 Å². The molecule has 24 heavy (non-hydrogen) atoms. The van der Waals surface area contributed by atoms with Crippen LogP contribution >= 0.6 is 15.9 Å². The van der Waals surface area contributed by atoms with Gasteiger partial charge in [0.1, 0.15) is 0 Å². The first-order valence-electron chi connectivity index (χ1n) is 8.25. The van der Waals surface area contributed by atoms with Crippen molar-refractivity contribution < 1.29 is 4.79 Å². The molecule has 1 atom stereocenters. The second kappa shape index (κ2) is 7.44. The van der Waals surface area contributed by atoms with Gasteiger partial charge in [0.25, 0.3) is 5.91 Å². The Morgan fingerprint density at radius 1 is 1.42 bits per heavy atom. The molecule has 6 nitrogen and oxygen atoms in total. The number of hydrogen-bond donors (Lipinski definition) is 2. The van der Waals surface area contributed by atoms with Crippen molar-refractivity contribution in [3.05, 3.63) is 45.7 Å². The van der Waals surface area contributed by atoms with Crippen molar-refractivity contribution in [1.82, 2.24) is 25.6 Å². The van der Waals surface area contributed by atoms with E-state index in [0.717, 1.165) is 41.7 Å². The highest BCUT2D eigenvalue weighted by Gasteiger charge is 2.23. The SMILES string of the molecule is Cc1c(C(=O)NC(C)c2cccc(Br)c2)nnn1C1CCNCC1. The summed E-state index contributed by atoms with van der Waals surface area (Å²) in [7, 11) is 0. The van der Waals surface area contributed by atoms with E-state index >= 15 is 0 Å². The summed E-state index contributed by atoms with van der Waals surface area (Å²) in [6.07, 6.45) is 2.03. The molecule has 2 heterocycles. The molecule has 1 aliphatic rings. The summed E-state index contributed by atoms with van der Waals surface area (Å²) in [5.74, 6) is -0.180. The van der Waals surface area contributed by atoms with Gasteiger partial charge in [0.2, 0.25) is 0 Å². The first-order chi connectivity index (χ1) is 11.6. The fourth-order valence-corrected chi connectivity index (χ4v) is 3.49. The molecule has 1 saturated heterocycles. The first-order valence-corrected chi connectivity index (χ1v) is 9.04. The monoisotopic (exact) mass is 391 g/mol. The third-order valence-electron chi connectivity index (χ3n) is 4.49. The zero-order valence-electron chi connectivity index (χ0n) is 13.9. The van der Waals surface area contributed by atoms with E-state index in [1.165, 1.54) is 0 Å². The van der Waals surface area contributed by atoms with Gasteiger partial charge in [-0.1, -0.05) is 33.3 Å². The minimum absolute atomic E-state index is 0.0987. The molecule has 1 aromatic carbocycles. The van der Waals surface area contributed by atoms with Crippen LogP contribution in [-0.2, 0) is 0 Å². The van der Waals surface area contributed by atoms with Crippen molar-refractivity contribution >= 4 is 21.8 Å². The molecule has 0 aliphatic carbocycles. The Morgan fingerprint density at radius 3 is 2.88 bits per heavy atom. The van der Waals surface area contributed by atoms with E-state index in [4.69, 9.17) is 0 Å². The number of nitrogens with one attached hydrogen (secondary N) is 2. The van der Waals surface area contributed by atoms with Crippen LogP contribution in [0.4, 0.5) is 0 Å². The third kappa shape index (κ3) is 3.67. The van der Waals surface area contributed by atoms with Gasteiger partial charge in [0.15, 0.2) is 5.69 Å². The number of benzene rings is 1. The maximum atomic E-state index is 12.6. The van der Waals surface area contributed by atoms with Crippen LogP contribution in [0, 0.1) is 6.92 Å². The summed E-state index contributed by atoms with van der Waals surface area (Å²) in [6.45, 7) is 5.84. The van der Waals surface area contributed by atoms with Gasteiger partial charge in [-0.25, -0.2) is 4.68 Å². The van der Waals surface area contributed by atoms with Crippen molar-refractivity contribution in [2.45, 2.75) is 38.8 Å². The Balaban J connectivity index is 1.72. The van der Waals surface area contributed by atoms with Crippen LogP contribution in [0.15, 0.2) is 28.7 Å². The Hall–Kier alpha value is -1.73. The van der Waals surface area contributed by atoms with Gasteiger partial charge in [0.05, 0.1) is 17.8 Å². The Kier molecular flexibility index (Phi) is 5.30. The molecular weight excluding hydrogens is 370 g/mol. The maximum absolute atomic E-state index is 12.6. The molecule has 2 N–H and O–H groups in total. The van der Waals surface area contributed by atoms with Crippen LogP contribution in [-0.4, -0.2) is 34.0 Å². The number of amides is 1. The van der Waals surface area contributed by atoms with Crippen molar-refractivity contribution in [2.75, 3.05) is 13.1 Å². The van der Waals surface area contributed by atoms with E-state index in [9.17, 15) is 4.79 Å². The predicted octanol–water partition coefficient (Wildman–Crippen LogP) is 2.76. The van der Waals surface area contributed by atoms with E-state index in [2.05, 4.69) is 36.9 Å². The fourth-order valence-electron chi connectivity index (χ4n) is 3.07. The largest absolute Gasteiger partial charge is 0.344 e. The first kappa shape index (κ1) is 17.1. The lowest BCUT2D eigenvalue weighted by Gasteiger charge is -2.23. The summed E-state index contributed by atoms with van der Waals surface area (Å²) in [5.41, 5.74) is 2.29. The second-order valence-corrected chi connectivity index (χ2v) is 7.12. The lowest BCUT2D eigenvalue weighted by molar-refractivity contribution is 0.0934. The molecule has 128 valence electrons. The molecular formula is C17H22BrN5O.